The molecular weight excluding hydrogens is 367 g/mol. The fourth-order valence-corrected chi connectivity index (χ4v) is 3.24. The van der Waals surface area contributed by atoms with E-state index in [1.54, 1.807) is 19.1 Å². The van der Waals surface area contributed by atoms with Gasteiger partial charge in [-0.2, -0.15) is 0 Å². The summed E-state index contributed by atoms with van der Waals surface area (Å²) in [5.74, 6) is -1.35. The summed E-state index contributed by atoms with van der Waals surface area (Å²) >= 11 is 6.15. The third kappa shape index (κ3) is 4.29. The molecule has 3 aromatic carbocycles. The Labute approximate surface area is 163 Å². The van der Waals surface area contributed by atoms with Crippen molar-refractivity contribution < 1.29 is 19.4 Å². The molecule has 5 heteroatoms. The minimum Gasteiger partial charge on any atom is -0.377 e. The smallest absolute Gasteiger partial charge is 0.377 e. The molecule has 0 spiro atoms. The minimum atomic E-state index is -1.73. The highest BCUT2D eigenvalue weighted by Crippen LogP contribution is 2.39. The van der Waals surface area contributed by atoms with Gasteiger partial charge in [0.05, 0.1) is 0 Å². The molecule has 1 unspecified atom stereocenters. The lowest BCUT2D eigenvalue weighted by molar-refractivity contribution is -0.194. The Balaban J connectivity index is 0.00000126. The number of carbonyl (C=O) groups excluding carboxylic acids is 1. The second-order valence-electron chi connectivity index (χ2n) is 6.01. The molecule has 3 nitrogen and oxygen atoms in total. The van der Waals surface area contributed by atoms with Crippen LogP contribution in [0.1, 0.15) is 36.6 Å². The van der Waals surface area contributed by atoms with Gasteiger partial charge in [0.25, 0.3) is 0 Å². The van der Waals surface area contributed by atoms with E-state index < -0.39 is 12.1 Å². The van der Waals surface area contributed by atoms with Crippen molar-refractivity contribution in [3.63, 3.8) is 0 Å². The maximum absolute atomic E-state index is 12.4. The molecule has 0 saturated carbocycles. The third-order valence-electron chi connectivity index (χ3n) is 4.26. The van der Waals surface area contributed by atoms with Crippen molar-refractivity contribution in [2.45, 2.75) is 33.8 Å². The Morgan fingerprint density at radius 2 is 1.70 bits per heavy atom. The van der Waals surface area contributed by atoms with Gasteiger partial charge in [-0.3, -0.25) is 4.94 Å². The number of hydrogen-bond donors (Lipinski definition) is 1. The van der Waals surface area contributed by atoms with Crippen LogP contribution in [-0.4, -0.2) is 11.1 Å². The molecule has 3 aromatic rings. The Hall–Kier alpha value is -2.43. The number of hydrogen-bond acceptors (Lipinski definition) is 3. The van der Waals surface area contributed by atoms with Crippen molar-refractivity contribution in [3.05, 3.63) is 70.2 Å². The quantitative estimate of drug-likeness (QED) is 0.575. The van der Waals surface area contributed by atoms with E-state index in [9.17, 15) is 14.4 Å². The molecule has 0 aliphatic heterocycles. The first kappa shape index (κ1) is 20.9. The zero-order valence-corrected chi connectivity index (χ0v) is 16.5. The standard InChI is InChI=1S/C20H16ClFO3.C2H6/c1-11-3-5-13(6-4-11)18-16-10-15(21)8-7-14(16)9-12(2)17(18)19(23)20(24)25-22;1-2/h3-10,19,23H,1-2H3;1-2H3. The van der Waals surface area contributed by atoms with Gasteiger partial charge in [0.1, 0.15) is 0 Å². The number of rotatable bonds is 3. The van der Waals surface area contributed by atoms with Crippen LogP contribution in [0.3, 0.4) is 0 Å². The third-order valence-corrected chi connectivity index (χ3v) is 4.50. The molecule has 142 valence electrons. The predicted molar refractivity (Wildman–Crippen MR) is 107 cm³/mol. The lowest BCUT2D eigenvalue weighted by atomic mass is 9.87. The molecule has 0 heterocycles. The van der Waals surface area contributed by atoms with Gasteiger partial charge in [0, 0.05) is 15.1 Å². The molecule has 27 heavy (non-hydrogen) atoms. The summed E-state index contributed by atoms with van der Waals surface area (Å²) < 4.78 is 12.4. The first-order valence-corrected chi connectivity index (χ1v) is 9.10. The second-order valence-corrected chi connectivity index (χ2v) is 6.45. The highest BCUT2D eigenvalue weighted by molar-refractivity contribution is 6.31. The van der Waals surface area contributed by atoms with Crippen LogP contribution in [0, 0.1) is 13.8 Å². The number of aliphatic hydroxyl groups is 1. The van der Waals surface area contributed by atoms with Crippen molar-refractivity contribution in [1.29, 1.82) is 0 Å². The van der Waals surface area contributed by atoms with E-state index in [1.165, 1.54) is 0 Å². The van der Waals surface area contributed by atoms with Crippen LogP contribution in [0.4, 0.5) is 4.53 Å². The zero-order chi connectivity index (χ0) is 20.1. The Morgan fingerprint density at radius 1 is 1.07 bits per heavy atom. The van der Waals surface area contributed by atoms with Gasteiger partial charge in [-0.1, -0.05) is 67.4 Å². The summed E-state index contributed by atoms with van der Waals surface area (Å²) in [5, 5.41) is 12.5. The lowest BCUT2D eigenvalue weighted by Gasteiger charge is -2.19. The Kier molecular flexibility index (Phi) is 6.94. The lowest BCUT2D eigenvalue weighted by Crippen LogP contribution is -2.15. The van der Waals surface area contributed by atoms with E-state index in [4.69, 9.17) is 11.6 Å². The minimum absolute atomic E-state index is 0.307. The number of carbonyl (C=O) groups is 1. The molecule has 0 saturated heterocycles. The predicted octanol–water partition coefficient (Wildman–Crippen LogP) is 6.26. The van der Waals surface area contributed by atoms with Crippen molar-refractivity contribution in [1.82, 2.24) is 0 Å². The SMILES string of the molecule is CC.Cc1ccc(-c2c(C(O)C(=O)OF)c(C)cc3ccc(Cl)cc23)cc1. The van der Waals surface area contributed by atoms with E-state index in [1.807, 2.05) is 57.2 Å². The van der Waals surface area contributed by atoms with Gasteiger partial charge in [0.2, 0.25) is 0 Å². The highest BCUT2D eigenvalue weighted by Gasteiger charge is 2.27. The zero-order valence-electron chi connectivity index (χ0n) is 15.7. The van der Waals surface area contributed by atoms with Crippen LogP contribution in [0.15, 0.2) is 48.5 Å². The number of halogens is 2. The van der Waals surface area contributed by atoms with E-state index in [0.717, 1.165) is 21.9 Å². The van der Waals surface area contributed by atoms with Crippen LogP contribution >= 0.6 is 11.6 Å². The maximum atomic E-state index is 12.4. The van der Waals surface area contributed by atoms with E-state index >= 15 is 0 Å². The maximum Gasteiger partial charge on any atom is 0.381 e. The van der Waals surface area contributed by atoms with Crippen molar-refractivity contribution >= 4 is 28.3 Å². The van der Waals surface area contributed by atoms with Gasteiger partial charge in [-0.25, -0.2) is 4.79 Å². The van der Waals surface area contributed by atoms with Crippen LogP contribution < -0.4 is 0 Å². The monoisotopic (exact) mass is 388 g/mol. The molecule has 0 fully saturated rings. The average molecular weight is 389 g/mol. The van der Waals surface area contributed by atoms with Crippen molar-refractivity contribution in [3.8, 4) is 11.1 Å². The molecule has 0 radical (unpaired) electrons. The molecule has 0 aliphatic rings. The first-order valence-electron chi connectivity index (χ1n) is 8.72. The Bertz CT molecular complexity index is 952. The molecule has 3 rings (SSSR count). The fraction of sp³-hybridized carbons (Fsp3) is 0.227. The van der Waals surface area contributed by atoms with E-state index in [-0.39, 0.29) is 0 Å². The number of fused-ring (bicyclic) bond motifs is 1. The van der Waals surface area contributed by atoms with Gasteiger partial charge >= 0.3 is 5.97 Å². The summed E-state index contributed by atoms with van der Waals surface area (Å²) in [7, 11) is 0. The normalized spacial score (nSPS) is 11.5. The first-order chi connectivity index (χ1) is 12.9. The number of benzene rings is 3. The number of aliphatic hydroxyl groups excluding tert-OH is 1. The van der Waals surface area contributed by atoms with E-state index in [0.29, 0.717) is 21.7 Å². The fourth-order valence-electron chi connectivity index (χ4n) is 3.07. The summed E-state index contributed by atoms with van der Waals surface area (Å²) in [5.41, 5.74) is 3.46. The van der Waals surface area contributed by atoms with Gasteiger partial charge in [-0.05, 0) is 53.4 Å². The van der Waals surface area contributed by atoms with Gasteiger partial charge in [0.15, 0.2) is 6.10 Å². The van der Waals surface area contributed by atoms with Crippen molar-refractivity contribution in [2.24, 2.45) is 0 Å². The van der Waals surface area contributed by atoms with Crippen LogP contribution in [-0.2, 0) is 9.74 Å². The summed E-state index contributed by atoms with van der Waals surface area (Å²) in [6.45, 7) is 7.72. The summed E-state index contributed by atoms with van der Waals surface area (Å²) in [6, 6.07) is 14.9. The van der Waals surface area contributed by atoms with E-state index in [2.05, 4.69) is 4.94 Å². The molecule has 1 N–H and O–H groups in total. The Morgan fingerprint density at radius 3 is 2.30 bits per heavy atom. The average Bonchev–Trinajstić information content (AvgIpc) is 2.68. The molecule has 0 bridgehead atoms. The largest absolute Gasteiger partial charge is 0.381 e. The molecule has 0 aromatic heterocycles. The highest BCUT2D eigenvalue weighted by atomic mass is 35.5. The molecule has 1 atom stereocenters. The second kappa shape index (κ2) is 8.98. The van der Waals surface area contributed by atoms with Crippen LogP contribution in [0.2, 0.25) is 5.02 Å². The molecule has 0 amide bonds. The summed E-state index contributed by atoms with van der Waals surface area (Å²) in [6.07, 6.45) is -1.73. The molecule has 0 aliphatic carbocycles. The van der Waals surface area contributed by atoms with Gasteiger partial charge in [-0.15, -0.1) is 0 Å². The van der Waals surface area contributed by atoms with Crippen molar-refractivity contribution in [2.75, 3.05) is 0 Å². The van der Waals surface area contributed by atoms with Gasteiger partial charge < -0.3 is 5.11 Å². The number of aryl methyl sites for hydroxylation is 2. The van der Waals surface area contributed by atoms with Crippen LogP contribution in [0.5, 0.6) is 0 Å². The van der Waals surface area contributed by atoms with Crippen LogP contribution in [0.25, 0.3) is 21.9 Å². The summed E-state index contributed by atoms with van der Waals surface area (Å²) in [4.78, 5) is 14.9. The topological polar surface area (TPSA) is 46.5 Å². The molecular formula is C22H22ClFO3.